The molecule has 0 unspecified atom stereocenters. The first-order valence-corrected chi connectivity index (χ1v) is 32.0. The third-order valence-corrected chi connectivity index (χ3v) is 18.8. The predicted molar refractivity (Wildman–Crippen MR) is 292 cm³/mol. The molecule has 5 aromatic heterocycles. The summed E-state index contributed by atoms with van der Waals surface area (Å²) >= 11 is -0.0880. The smallest absolute Gasteiger partial charge is 0 e. The Labute approximate surface area is 426 Å². The first kappa shape index (κ1) is 48.3. The number of nitrogens with zero attached hydrogens (tertiary/aromatic N) is 4. The molecule has 0 spiro atoms. The molecule has 0 aliphatic heterocycles. The molecule has 0 saturated carbocycles. The van der Waals surface area contributed by atoms with Crippen LogP contribution in [0, 0.1) is 19.1 Å². The van der Waals surface area contributed by atoms with E-state index in [-0.39, 0.29) is 25.5 Å². The third kappa shape index (κ3) is 9.04. The summed E-state index contributed by atoms with van der Waals surface area (Å²) in [5.41, 5.74) is 15.2. The topological polar surface area (TPSA) is 56.7 Å². The number of imidazole rings is 1. The number of fused-ring (bicyclic) bond motifs is 7. The molecule has 5 heterocycles. The van der Waals surface area contributed by atoms with Crippen LogP contribution in [0.15, 0.2) is 144 Å². The zero-order valence-corrected chi connectivity index (χ0v) is 46.7. The van der Waals surface area contributed by atoms with Gasteiger partial charge in [0.05, 0.1) is 16.9 Å². The Morgan fingerprint density at radius 3 is 2.01 bits per heavy atom. The molecule has 6 aromatic carbocycles. The average molecular weight is 1160 g/mol. The Morgan fingerprint density at radius 2 is 1.33 bits per heavy atom. The molecule has 0 aliphatic carbocycles. The van der Waals surface area contributed by atoms with Crippen LogP contribution in [0.3, 0.4) is 0 Å². The molecule has 5 nitrogen and oxygen atoms in total. The van der Waals surface area contributed by atoms with Crippen LogP contribution in [0.2, 0.25) is 17.3 Å². The molecule has 0 fully saturated rings. The number of hydrogen-bond acceptors (Lipinski definition) is 5. The predicted octanol–water partition coefficient (Wildman–Crippen LogP) is 16.8. The van der Waals surface area contributed by atoms with Gasteiger partial charge in [-0.05, 0) is 62.4 Å². The van der Waals surface area contributed by atoms with E-state index >= 15 is 0 Å². The normalized spacial score (nSPS) is 12.1. The van der Waals surface area contributed by atoms with Crippen LogP contribution in [0.25, 0.3) is 92.7 Å². The van der Waals surface area contributed by atoms with Gasteiger partial charge in [-0.25, -0.2) is 0 Å². The van der Waals surface area contributed by atoms with E-state index in [1.807, 2.05) is 17.4 Å². The van der Waals surface area contributed by atoms with Crippen LogP contribution in [0.4, 0.5) is 0 Å². The Balaban J connectivity index is 0.000000180. The van der Waals surface area contributed by atoms with Gasteiger partial charge < -0.3 is 4.57 Å². The van der Waals surface area contributed by atoms with Crippen molar-refractivity contribution in [3.05, 3.63) is 174 Å². The molecule has 0 N–H and O–H groups in total. The number of para-hydroxylation sites is 3. The summed E-state index contributed by atoms with van der Waals surface area (Å²) in [6.45, 7) is 17.8. The molecular weight excluding hydrogens is 1100 g/mol. The molecule has 349 valence electrons. The van der Waals surface area contributed by atoms with E-state index in [4.69, 9.17) is 19.4 Å². The largest absolute Gasteiger partial charge is 0 e. The monoisotopic (exact) mass is 1160 g/mol. The van der Waals surface area contributed by atoms with E-state index in [2.05, 4.69) is 223 Å². The van der Waals surface area contributed by atoms with E-state index in [1.165, 1.54) is 58.1 Å². The SMILES string of the molecule is CC(C)c1cccc(C(C)C)c1-n1c(-c2[c-]ccc3c2sc2cc(-c4ccccc4)ccc23)nc2ccccc21.Cc1cc(-c2[c-]ccc3c2oc2nc(C(C)(C)C)ccc23)nc[c]1[Ge]([CH3])([CH3])[CH3].[Ir]. The Hall–Kier alpha value is -5.70. The van der Waals surface area contributed by atoms with Gasteiger partial charge in [0.25, 0.3) is 0 Å². The summed E-state index contributed by atoms with van der Waals surface area (Å²) in [4.78, 5) is 14.9. The fourth-order valence-electron chi connectivity index (χ4n) is 9.62. The Kier molecular flexibility index (Phi) is 13.2. The summed E-state index contributed by atoms with van der Waals surface area (Å²) in [5, 5.41) is 4.64. The quantitative estimate of drug-likeness (QED) is 0.118. The van der Waals surface area contributed by atoms with Crippen molar-refractivity contribution in [2.45, 2.75) is 89.9 Å². The summed E-state index contributed by atoms with van der Waals surface area (Å²) < 4.78 is 12.6. The molecular formula is C61H58GeIrN4OS-2. The second kappa shape index (κ2) is 18.9. The van der Waals surface area contributed by atoms with Crippen molar-refractivity contribution < 1.29 is 24.5 Å². The van der Waals surface area contributed by atoms with Crippen molar-refractivity contribution >= 4 is 82.3 Å². The minimum Gasteiger partial charge on any atom is 0 e. The van der Waals surface area contributed by atoms with Crippen LogP contribution >= 0.6 is 11.3 Å². The number of aryl methyl sites for hydroxylation is 1. The minimum absolute atomic E-state index is 0. The van der Waals surface area contributed by atoms with Crippen molar-refractivity contribution in [1.82, 2.24) is 19.5 Å². The van der Waals surface area contributed by atoms with E-state index in [0.29, 0.717) is 17.5 Å². The van der Waals surface area contributed by atoms with Gasteiger partial charge in [0.2, 0.25) is 0 Å². The Morgan fingerprint density at radius 1 is 0.667 bits per heavy atom. The van der Waals surface area contributed by atoms with Crippen molar-refractivity contribution in [3.63, 3.8) is 0 Å². The van der Waals surface area contributed by atoms with Crippen molar-refractivity contribution in [2.75, 3.05) is 0 Å². The maximum atomic E-state index is 6.24. The summed E-state index contributed by atoms with van der Waals surface area (Å²) in [6.07, 6.45) is 2.07. The number of aromatic nitrogens is 4. The molecule has 69 heavy (non-hydrogen) atoms. The Bertz CT molecular complexity index is 3660. The van der Waals surface area contributed by atoms with E-state index in [0.717, 1.165) is 55.7 Å². The first-order valence-electron chi connectivity index (χ1n) is 23.8. The van der Waals surface area contributed by atoms with E-state index < -0.39 is 13.3 Å². The second-order valence-corrected chi connectivity index (χ2v) is 32.4. The van der Waals surface area contributed by atoms with Gasteiger partial charge >= 0.3 is 170 Å². The standard InChI is InChI=1S/C37H31N2S.C24H27GeN2O.Ir/c1-23(2)27-14-10-15-28(24(3)4)35(27)39-33-19-9-8-18-32(33)38-37(39)31-17-11-16-30-29-21-20-26(22-34(29)40-36(30)31)25-12-6-5-7-13-25;1-15-13-20(26-14-19(15)25(5,6)7)18-10-8-9-16-17-11-12-21(24(2,3)4)27-23(17)28-22(16)18;/h5-16,18-24H,1-4H3;8-9,11-14H,1-7H3;/q2*-1;. The number of rotatable bonds is 7. The fraction of sp³-hybridized carbons (Fsp3) is 0.230. The summed E-state index contributed by atoms with van der Waals surface area (Å²) in [7, 11) is 0. The van der Waals surface area contributed by atoms with Crippen molar-refractivity contribution in [1.29, 1.82) is 0 Å². The van der Waals surface area contributed by atoms with Gasteiger partial charge in [0.15, 0.2) is 0 Å². The molecule has 8 heteroatoms. The van der Waals surface area contributed by atoms with E-state index in [9.17, 15) is 0 Å². The molecule has 0 amide bonds. The molecule has 0 saturated heterocycles. The van der Waals surface area contributed by atoms with Crippen LogP contribution in [-0.2, 0) is 25.5 Å². The van der Waals surface area contributed by atoms with Crippen LogP contribution in [0.1, 0.15) is 82.7 Å². The van der Waals surface area contributed by atoms with Gasteiger partial charge in [0.1, 0.15) is 0 Å². The first-order chi connectivity index (χ1) is 32.6. The van der Waals surface area contributed by atoms with Crippen LogP contribution < -0.4 is 4.40 Å². The van der Waals surface area contributed by atoms with Gasteiger partial charge in [-0.3, -0.25) is 4.98 Å². The van der Waals surface area contributed by atoms with Gasteiger partial charge in [-0.2, -0.15) is 11.3 Å². The zero-order valence-electron chi connectivity index (χ0n) is 41.4. The third-order valence-electron chi connectivity index (χ3n) is 13.1. The van der Waals surface area contributed by atoms with E-state index in [1.54, 1.807) is 0 Å². The van der Waals surface area contributed by atoms with Crippen LogP contribution in [-0.4, -0.2) is 32.8 Å². The van der Waals surface area contributed by atoms with Crippen molar-refractivity contribution in [2.24, 2.45) is 0 Å². The second-order valence-electron chi connectivity index (χ2n) is 20.8. The van der Waals surface area contributed by atoms with Gasteiger partial charge in [-0.1, -0.05) is 111 Å². The minimum atomic E-state index is -1.93. The number of furan rings is 1. The maximum absolute atomic E-state index is 6.24. The molecule has 0 aliphatic rings. The fourth-order valence-corrected chi connectivity index (χ4v) is 14.4. The number of pyridine rings is 2. The molecule has 11 aromatic rings. The summed E-state index contributed by atoms with van der Waals surface area (Å²) in [5.74, 6) is 8.90. The van der Waals surface area contributed by atoms with Gasteiger partial charge in [0, 0.05) is 30.5 Å². The summed E-state index contributed by atoms with van der Waals surface area (Å²) in [6, 6.07) is 54.4. The average Bonchev–Trinajstić information content (AvgIpc) is 4.02. The molecule has 0 bridgehead atoms. The molecule has 0 atom stereocenters. The number of hydrogen-bond donors (Lipinski definition) is 0. The molecule has 1 radical (unpaired) electrons. The van der Waals surface area contributed by atoms with Crippen LogP contribution in [0.5, 0.6) is 0 Å². The molecule has 11 rings (SSSR count). The zero-order chi connectivity index (χ0) is 47.6. The van der Waals surface area contributed by atoms with Gasteiger partial charge in [-0.15, -0.1) is 18.2 Å². The maximum Gasteiger partial charge on any atom is 0 e. The number of thiophene rings is 1. The number of benzene rings is 6. The van der Waals surface area contributed by atoms with Crippen molar-refractivity contribution in [3.8, 4) is 39.5 Å².